The molecule has 0 radical (unpaired) electrons. The molecule has 14 nitrogen and oxygen atoms in total. The minimum atomic E-state index is -2.53. The molecule has 0 bridgehead atoms. The van der Waals surface area contributed by atoms with Crippen molar-refractivity contribution in [2.75, 3.05) is 12.3 Å². The molecule has 3 rings (SSSR count). The number of hydrogen-bond donors (Lipinski definition) is 2. The van der Waals surface area contributed by atoms with Gasteiger partial charge in [-0.1, -0.05) is 18.2 Å². The second-order valence-corrected chi connectivity index (χ2v) is 9.60. The Morgan fingerprint density at radius 2 is 2.16 bits per heavy atom. The number of aryl methyl sites for hydroxylation is 1. The Morgan fingerprint density at radius 3 is 2.86 bits per heavy atom. The first-order chi connectivity index (χ1) is 17.6. The van der Waals surface area contributed by atoms with Crippen LogP contribution in [-0.4, -0.2) is 56.6 Å². The largest absolute Gasteiger partial charge is 0.697 e. The summed E-state index contributed by atoms with van der Waals surface area (Å²) in [5, 5.41) is 19.0. The number of aromatic nitrogens is 3. The first kappa shape index (κ1) is 28.2. The van der Waals surface area contributed by atoms with Gasteiger partial charge < -0.3 is 20.3 Å². The first-order valence-corrected chi connectivity index (χ1v) is 12.6. The fourth-order valence-electron chi connectivity index (χ4n) is 3.61. The van der Waals surface area contributed by atoms with Crippen LogP contribution in [0.2, 0.25) is 0 Å². The zero-order chi connectivity index (χ0) is 27.1. The molecular weight excluding hydrogens is 507 g/mol. The zero-order valence-corrected chi connectivity index (χ0v) is 21.5. The number of nitrogen functional groups attached to an aromatic ring is 1. The average Bonchev–Trinajstić information content (AvgIpc) is 3.22. The monoisotopic (exact) mass is 536 g/mol. The lowest BCUT2D eigenvalue weighted by Gasteiger charge is -2.13. The molecule has 1 fully saturated rings. The van der Waals surface area contributed by atoms with E-state index in [1.54, 1.807) is 6.92 Å². The van der Waals surface area contributed by atoms with E-state index in [0.717, 1.165) is 21.3 Å². The number of aliphatic hydroxyl groups excluding tert-OH is 1. The summed E-state index contributed by atoms with van der Waals surface area (Å²) in [4.78, 5) is 33.9. The molecule has 1 aromatic carbocycles. The standard InChI is InChI=1S/C22H28N6O8P/c1-12-4-5-15(6-13(2)35-20(30)14(3)27-24)7-16(12)9-33-37(32)34-10-18-17(29)8-19(36-18)28-11-25-21(23)26-22(28)31/h4-5,7,11,13-14,17-19,29H,6,8-10H2,1-3H3,(H-,23,26,31)/q+1/p+1. The van der Waals surface area contributed by atoms with Gasteiger partial charge in [0.1, 0.15) is 43.0 Å². The number of nitrogens with two attached hydrogens (primary N) is 1. The lowest BCUT2D eigenvalue weighted by atomic mass is 10.0. The fourth-order valence-corrected chi connectivity index (χ4v) is 4.20. The van der Waals surface area contributed by atoms with Crippen molar-refractivity contribution in [1.29, 1.82) is 5.39 Å². The van der Waals surface area contributed by atoms with Gasteiger partial charge in [0, 0.05) is 24.3 Å². The summed E-state index contributed by atoms with van der Waals surface area (Å²) in [6.07, 6.45) is -1.39. The summed E-state index contributed by atoms with van der Waals surface area (Å²) >= 11 is 0. The number of carbonyl (C=O) groups is 1. The predicted octanol–water partition coefficient (Wildman–Crippen LogP) is 1.78. The summed E-state index contributed by atoms with van der Waals surface area (Å²) < 4.78 is 34.9. The van der Waals surface area contributed by atoms with Crippen LogP contribution in [0.25, 0.3) is 4.98 Å². The third kappa shape index (κ3) is 7.82. The molecule has 2 aromatic rings. The van der Waals surface area contributed by atoms with Crippen LogP contribution in [0.15, 0.2) is 29.3 Å². The molecule has 1 saturated heterocycles. The molecule has 1 aliphatic rings. The molecule has 1 aromatic heterocycles. The molecule has 0 spiro atoms. The van der Waals surface area contributed by atoms with Gasteiger partial charge in [-0.25, -0.2) is 14.6 Å². The summed E-state index contributed by atoms with van der Waals surface area (Å²) in [5.41, 5.74) is 7.25. The SMILES string of the molecule is Cc1ccc(CC(C)OC(=O)C(C)[N+]#N)cc1CO[P+](=O)OCC1OC(n2cnc(N)nc2=O)CC1O. The van der Waals surface area contributed by atoms with E-state index in [9.17, 15) is 19.3 Å². The molecule has 6 unspecified atom stereocenters. The third-order valence-corrected chi connectivity index (χ3v) is 6.40. The van der Waals surface area contributed by atoms with E-state index in [-0.39, 0.29) is 25.6 Å². The van der Waals surface area contributed by atoms with E-state index in [4.69, 9.17) is 29.6 Å². The van der Waals surface area contributed by atoms with Gasteiger partial charge in [-0.15, -0.1) is 9.05 Å². The molecule has 0 saturated carbocycles. The summed E-state index contributed by atoms with van der Waals surface area (Å²) in [6, 6.07) is 4.64. The first-order valence-electron chi connectivity index (χ1n) is 11.5. The van der Waals surface area contributed by atoms with E-state index in [2.05, 4.69) is 14.9 Å². The fraction of sp³-hybridized carbons (Fsp3) is 0.545. The molecule has 2 heterocycles. The summed E-state index contributed by atoms with van der Waals surface area (Å²) in [7, 11) is -2.53. The van der Waals surface area contributed by atoms with Crippen molar-refractivity contribution in [2.24, 2.45) is 0 Å². The number of anilines is 1. The Balaban J connectivity index is 1.49. The van der Waals surface area contributed by atoms with Crippen LogP contribution in [0.3, 0.4) is 0 Å². The Hall–Kier alpha value is -3.34. The molecular formula is C22H29N6O8P+2. The molecule has 1 aliphatic heterocycles. The van der Waals surface area contributed by atoms with Crippen LogP contribution in [0, 0.1) is 12.3 Å². The van der Waals surface area contributed by atoms with Gasteiger partial charge in [0.05, 0.1) is 6.10 Å². The number of hydrogen-bond acceptors (Lipinski definition) is 12. The van der Waals surface area contributed by atoms with Gasteiger partial charge >= 0.3 is 26.0 Å². The van der Waals surface area contributed by atoms with E-state index >= 15 is 0 Å². The van der Waals surface area contributed by atoms with Crippen molar-refractivity contribution in [2.45, 2.75) is 70.8 Å². The van der Waals surface area contributed by atoms with Gasteiger partial charge in [0.15, 0.2) is 0 Å². The number of rotatable bonds is 11. The minimum Gasteiger partial charge on any atom is -0.456 e. The van der Waals surface area contributed by atoms with E-state index in [1.165, 1.54) is 13.3 Å². The minimum absolute atomic E-state index is 0.00164. The van der Waals surface area contributed by atoms with E-state index < -0.39 is 50.5 Å². The third-order valence-electron chi connectivity index (χ3n) is 5.70. The Labute approximate surface area is 213 Å². The van der Waals surface area contributed by atoms with Crippen LogP contribution < -0.4 is 11.4 Å². The number of carbonyl (C=O) groups excluding carboxylic acids is 1. The maximum atomic E-state index is 12.3. The molecule has 15 heteroatoms. The number of diazo groups is 1. The normalized spacial score (nSPS) is 21.2. The van der Waals surface area contributed by atoms with Gasteiger partial charge in [-0.05, 0) is 30.5 Å². The lowest BCUT2D eigenvalue weighted by Crippen LogP contribution is -2.29. The highest BCUT2D eigenvalue weighted by molar-refractivity contribution is 7.33. The van der Waals surface area contributed by atoms with Crippen LogP contribution in [0.1, 0.15) is 43.2 Å². The molecule has 0 amide bonds. The van der Waals surface area contributed by atoms with Crippen molar-refractivity contribution in [1.82, 2.24) is 14.5 Å². The molecule has 37 heavy (non-hydrogen) atoms. The van der Waals surface area contributed by atoms with E-state index in [1.807, 2.05) is 25.1 Å². The molecule has 3 N–H and O–H groups in total. The number of ether oxygens (including phenoxy) is 2. The highest BCUT2D eigenvalue weighted by atomic mass is 31.1. The second kappa shape index (κ2) is 12.8. The Morgan fingerprint density at radius 1 is 1.41 bits per heavy atom. The summed E-state index contributed by atoms with van der Waals surface area (Å²) in [6.45, 7) is 4.79. The van der Waals surface area contributed by atoms with Gasteiger partial charge in [0.2, 0.25) is 11.3 Å². The maximum absolute atomic E-state index is 12.3. The molecule has 0 aliphatic carbocycles. The van der Waals surface area contributed by atoms with Crippen LogP contribution >= 0.6 is 8.25 Å². The van der Waals surface area contributed by atoms with Crippen LogP contribution in [0.4, 0.5) is 5.95 Å². The smallest absolute Gasteiger partial charge is 0.456 e. The Bertz CT molecular complexity index is 1230. The highest BCUT2D eigenvalue weighted by Crippen LogP contribution is 2.32. The number of benzene rings is 1. The topological polar surface area (TPSA) is 193 Å². The number of nitrogens with zero attached hydrogens (tertiary/aromatic N) is 5. The number of aliphatic hydroxyl groups is 1. The van der Waals surface area contributed by atoms with Gasteiger partial charge in [0.25, 0.3) is 0 Å². The molecule has 198 valence electrons. The second-order valence-electron chi connectivity index (χ2n) is 8.63. The summed E-state index contributed by atoms with van der Waals surface area (Å²) in [5.74, 6) is -0.798. The van der Waals surface area contributed by atoms with Crippen molar-refractivity contribution in [3.8, 4) is 0 Å². The van der Waals surface area contributed by atoms with Gasteiger partial charge in [-0.2, -0.15) is 4.98 Å². The molecule has 6 atom stereocenters. The van der Waals surface area contributed by atoms with Crippen LogP contribution in [0.5, 0.6) is 0 Å². The van der Waals surface area contributed by atoms with Crippen molar-refractivity contribution in [3.63, 3.8) is 0 Å². The van der Waals surface area contributed by atoms with Gasteiger partial charge in [-0.3, -0.25) is 4.57 Å². The van der Waals surface area contributed by atoms with Crippen LogP contribution in [-0.2, 0) is 40.9 Å². The van der Waals surface area contributed by atoms with Crippen molar-refractivity contribution in [3.05, 3.63) is 56.7 Å². The lowest BCUT2D eigenvalue weighted by molar-refractivity contribution is -0.148. The number of esters is 1. The predicted molar refractivity (Wildman–Crippen MR) is 129 cm³/mol. The van der Waals surface area contributed by atoms with Crippen molar-refractivity contribution < 1.29 is 33.0 Å². The quantitative estimate of drug-likeness (QED) is 0.240. The van der Waals surface area contributed by atoms with E-state index in [0.29, 0.717) is 6.42 Å². The Kier molecular flexibility index (Phi) is 9.73. The maximum Gasteiger partial charge on any atom is 0.697 e. The zero-order valence-electron chi connectivity index (χ0n) is 20.6. The van der Waals surface area contributed by atoms with Crippen molar-refractivity contribution >= 4 is 20.2 Å². The highest BCUT2D eigenvalue weighted by Gasteiger charge is 2.38. The average molecular weight is 536 g/mol.